The lowest BCUT2D eigenvalue weighted by Gasteiger charge is -2.27. The quantitative estimate of drug-likeness (QED) is 0.649. The lowest BCUT2D eigenvalue weighted by atomic mass is 10.1. The van der Waals surface area contributed by atoms with Gasteiger partial charge in [0, 0.05) is 11.2 Å². The maximum absolute atomic E-state index is 10.7. The van der Waals surface area contributed by atoms with Gasteiger partial charge < -0.3 is 10.8 Å². The van der Waals surface area contributed by atoms with Crippen LogP contribution < -0.4 is 5.73 Å². The number of nitrogens with two attached hydrogens (primary N) is 1. The Balaban J connectivity index is 3.84. The summed E-state index contributed by atoms with van der Waals surface area (Å²) in [6.45, 7) is 3.67. The topological polar surface area (TPSA) is 87.1 Å². The van der Waals surface area contributed by atoms with E-state index in [1.807, 2.05) is 13.8 Å². The van der Waals surface area contributed by atoms with Crippen molar-refractivity contribution >= 4 is 17.7 Å². The fourth-order valence-corrected chi connectivity index (χ4v) is 2.18. The van der Waals surface area contributed by atoms with Crippen LogP contribution in [0.1, 0.15) is 33.1 Å². The zero-order chi connectivity index (χ0) is 11.9. The number of hydrogen-bond donors (Lipinski definition) is 2. The molecule has 0 fully saturated rings. The molecule has 0 aromatic heterocycles. The van der Waals surface area contributed by atoms with Gasteiger partial charge in [-0.15, -0.1) is 0 Å². The highest BCUT2D eigenvalue weighted by molar-refractivity contribution is 8.00. The van der Waals surface area contributed by atoms with E-state index in [2.05, 4.69) is 6.07 Å². The van der Waals surface area contributed by atoms with Crippen LogP contribution in [0, 0.1) is 11.3 Å². The number of nitrogens with zero attached hydrogens (tertiary/aromatic N) is 1. The predicted octanol–water partition coefficient (Wildman–Crippen LogP) is 1.60. The summed E-state index contributed by atoms with van der Waals surface area (Å²) in [6, 6.07) is 1.23. The van der Waals surface area contributed by atoms with Gasteiger partial charge in [-0.2, -0.15) is 17.0 Å². The second-order valence-corrected chi connectivity index (χ2v) is 5.63. The van der Waals surface area contributed by atoms with E-state index in [0.717, 1.165) is 18.6 Å². The van der Waals surface area contributed by atoms with Crippen molar-refractivity contribution in [1.29, 1.82) is 5.26 Å². The molecule has 0 rings (SSSR count). The molecule has 4 nitrogen and oxygen atoms in total. The molecule has 0 amide bonds. The van der Waals surface area contributed by atoms with Crippen molar-refractivity contribution in [3.63, 3.8) is 0 Å². The third-order valence-corrected chi connectivity index (χ3v) is 3.66. The number of rotatable bonds is 7. The van der Waals surface area contributed by atoms with Crippen LogP contribution in [0.25, 0.3) is 0 Å². The molecule has 5 heteroatoms. The van der Waals surface area contributed by atoms with Gasteiger partial charge in [0.05, 0.1) is 6.07 Å². The Morgan fingerprint density at radius 2 is 2.20 bits per heavy atom. The fourth-order valence-electron chi connectivity index (χ4n) is 1.03. The van der Waals surface area contributed by atoms with Crippen LogP contribution in [-0.2, 0) is 4.79 Å². The molecule has 0 aliphatic rings. The van der Waals surface area contributed by atoms with Crippen LogP contribution in [0.15, 0.2) is 0 Å². The third-order valence-electron chi connectivity index (χ3n) is 2.17. The van der Waals surface area contributed by atoms with Crippen molar-refractivity contribution < 1.29 is 9.90 Å². The average Bonchev–Trinajstić information content (AvgIpc) is 2.16. The maximum Gasteiger partial charge on any atom is 0.321 e. The molecule has 0 spiro atoms. The van der Waals surface area contributed by atoms with Gasteiger partial charge in [0.2, 0.25) is 0 Å². The molecule has 0 saturated heterocycles. The van der Waals surface area contributed by atoms with E-state index in [4.69, 9.17) is 16.1 Å². The van der Waals surface area contributed by atoms with Gasteiger partial charge in [-0.25, -0.2) is 0 Å². The highest BCUT2D eigenvalue weighted by atomic mass is 32.2. The zero-order valence-corrected chi connectivity index (χ0v) is 10.0. The summed E-state index contributed by atoms with van der Waals surface area (Å²) in [5.41, 5.74) is 5.56. The summed E-state index contributed by atoms with van der Waals surface area (Å²) in [4.78, 5) is 10.7. The van der Waals surface area contributed by atoms with Crippen LogP contribution in [0.5, 0.6) is 0 Å². The van der Waals surface area contributed by atoms with Gasteiger partial charge in [0.15, 0.2) is 0 Å². The summed E-state index contributed by atoms with van der Waals surface area (Å²) in [7, 11) is 0. The summed E-state index contributed by atoms with van der Waals surface area (Å²) < 4.78 is -0.460. The number of hydrogen-bond acceptors (Lipinski definition) is 4. The first kappa shape index (κ1) is 14.3. The second-order valence-electron chi connectivity index (χ2n) is 3.88. The monoisotopic (exact) mass is 230 g/mol. The van der Waals surface area contributed by atoms with Crippen LogP contribution in [0.4, 0.5) is 0 Å². The van der Waals surface area contributed by atoms with Crippen molar-refractivity contribution in [3.8, 4) is 6.07 Å². The average molecular weight is 230 g/mol. The minimum Gasteiger partial charge on any atom is -0.480 e. The van der Waals surface area contributed by atoms with Crippen molar-refractivity contribution in [2.24, 2.45) is 5.73 Å². The van der Waals surface area contributed by atoms with Gasteiger partial charge in [-0.3, -0.25) is 4.79 Å². The Labute approximate surface area is 94.8 Å². The first-order valence-corrected chi connectivity index (χ1v) is 5.89. The summed E-state index contributed by atoms with van der Waals surface area (Å²) in [5, 5.41) is 17.1. The van der Waals surface area contributed by atoms with E-state index in [1.165, 1.54) is 0 Å². The molecule has 0 aliphatic heterocycles. The molecule has 0 aliphatic carbocycles. The smallest absolute Gasteiger partial charge is 0.321 e. The molecule has 0 aromatic carbocycles. The van der Waals surface area contributed by atoms with E-state index in [0.29, 0.717) is 6.42 Å². The van der Waals surface area contributed by atoms with E-state index in [1.54, 1.807) is 11.8 Å². The lowest BCUT2D eigenvalue weighted by Crippen LogP contribution is -2.46. The molecule has 1 atom stereocenters. The Hall–Kier alpha value is -0.730. The third kappa shape index (κ3) is 5.65. The molecular formula is C10H18N2O2S. The van der Waals surface area contributed by atoms with Gasteiger partial charge >= 0.3 is 5.97 Å². The summed E-state index contributed by atoms with van der Waals surface area (Å²) in [5.74, 6) is -0.125. The molecule has 0 radical (unpaired) electrons. The largest absolute Gasteiger partial charge is 0.480 e. The maximum atomic E-state index is 10.7. The van der Waals surface area contributed by atoms with Crippen molar-refractivity contribution in [2.75, 3.05) is 5.75 Å². The van der Waals surface area contributed by atoms with E-state index in [9.17, 15) is 4.79 Å². The first-order chi connectivity index (χ1) is 6.91. The number of carbonyl (C=O) groups is 1. The van der Waals surface area contributed by atoms with E-state index >= 15 is 0 Å². The van der Waals surface area contributed by atoms with E-state index in [-0.39, 0.29) is 0 Å². The number of thioether (sulfide) groups is 1. The summed E-state index contributed by atoms with van der Waals surface area (Å²) in [6.07, 6.45) is 2.35. The van der Waals surface area contributed by atoms with Crippen LogP contribution in [0.3, 0.4) is 0 Å². The molecule has 0 heterocycles. The molecule has 3 N–H and O–H groups in total. The van der Waals surface area contributed by atoms with Crippen molar-refractivity contribution in [1.82, 2.24) is 0 Å². The standard InChI is InChI=1S/C10H18N2O2S/c1-10(2,8(12)9(13)14)15-7-5-3-4-6-11/h8H,3-5,7,12H2,1-2H3,(H,13,14)/t8-/m0/s1. The van der Waals surface area contributed by atoms with Gasteiger partial charge in [0.25, 0.3) is 0 Å². The zero-order valence-electron chi connectivity index (χ0n) is 9.19. The highest BCUT2D eigenvalue weighted by Crippen LogP contribution is 2.28. The normalized spacial score (nSPS) is 13.2. The number of nitriles is 1. The Bertz CT molecular complexity index is 248. The van der Waals surface area contributed by atoms with Crippen LogP contribution in [-0.4, -0.2) is 27.6 Å². The van der Waals surface area contributed by atoms with Crippen molar-refractivity contribution in [2.45, 2.75) is 43.9 Å². The van der Waals surface area contributed by atoms with Gasteiger partial charge in [0.1, 0.15) is 6.04 Å². The summed E-state index contributed by atoms with van der Waals surface area (Å²) >= 11 is 1.55. The Kier molecular flexibility index (Phi) is 6.37. The molecule has 0 saturated carbocycles. The highest BCUT2D eigenvalue weighted by Gasteiger charge is 2.32. The van der Waals surface area contributed by atoms with Crippen LogP contribution in [0.2, 0.25) is 0 Å². The van der Waals surface area contributed by atoms with Gasteiger partial charge in [-0.05, 0) is 32.4 Å². The number of unbranched alkanes of at least 4 members (excludes halogenated alkanes) is 2. The number of carboxylic acid groups (broad SMARTS) is 1. The number of carboxylic acids is 1. The molecule has 15 heavy (non-hydrogen) atoms. The Morgan fingerprint density at radius 1 is 1.60 bits per heavy atom. The van der Waals surface area contributed by atoms with Crippen LogP contribution >= 0.6 is 11.8 Å². The van der Waals surface area contributed by atoms with Crippen molar-refractivity contribution in [3.05, 3.63) is 0 Å². The fraction of sp³-hybridized carbons (Fsp3) is 0.800. The molecular weight excluding hydrogens is 212 g/mol. The first-order valence-electron chi connectivity index (χ1n) is 4.91. The molecule has 0 bridgehead atoms. The lowest BCUT2D eigenvalue weighted by molar-refractivity contribution is -0.139. The Morgan fingerprint density at radius 3 is 2.67 bits per heavy atom. The predicted molar refractivity (Wildman–Crippen MR) is 61.6 cm³/mol. The number of aliphatic carboxylic acids is 1. The molecule has 0 aromatic rings. The minimum atomic E-state index is -0.968. The van der Waals surface area contributed by atoms with Gasteiger partial charge in [-0.1, -0.05) is 0 Å². The van der Waals surface area contributed by atoms with E-state index < -0.39 is 16.8 Å². The minimum absolute atomic E-state index is 0.460. The SMILES string of the molecule is CC(C)(SCCCCC#N)[C@@H](N)C(=O)O. The second kappa shape index (κ2) is 6.70. The molecule has 0 unspecified atom stereocenters. The molecule has 86 valence electrons.